The Balaban J connectivity index is 2.08. The molecule has 1 saturated heterocycles. The van der Waals surface area contributed by atoms with E-state index in [1.54, 1.807) is 0 Å². The molecule has 0 aromatic rings. The molecule has 0 amide bonds. The van der Waals surface area contributed by atoms with Crippen molar-refractivity contribution < 1.29 is 9.31 Å². The zero-order valence-corrected chi connectivity index (χ0v) is 13.1. The van der Waals surface area contributed by atoms with Gasteiger partial charge in [0.15, 0.2) is 0 Å². The van der Waals surface area contributed by atoms with Crippen LogP contribution in [0, 0.1) is 0 Å². The second kappa shape index (κ2) is 6.01. The lowest BCUT2D eigenvalue weighted by molar-refractivity contribution is -0.0169. The first kappa shape index (κ1) is 15.1. The Morgan fingerprint density at radius 1 is 1.16 bits per heavy atom. The summed E-state index contributed by atoms with van der Waals surface area (Å²) >= 11 is 0. The van der Waals surface area contributed by atoms with Crippen LogP contribution in [-0.2, 0) is 9.31 Å². The van der Waals surface area contributed by atoms with Crippen molar-refractivity contribution in [2.75, 3.05) is 0 Å². The maximum absolute atomic E-state index is 6.37. The molecule has 2 nitrogen and oxygen atoms in total. The van der Waals surface area contributed by atoms with Crippen LogP contribution in [0.3, 0.4) is 0 Å². The minimum Gasteiger partial charge on any atom is -0.400 e. The molecular weight excluding hydrogens is 235 g/mol. The predicted molar refractivity (Wildman–Crippen MR) is 81.1 cm³/mol. The molecule has 1 unspecified atom stereocenters. The Labute approximate surface area is 119 Å². The molecule has 0 saturated carbocycles. The van der Waals surface area contributed by atoms with E-state index in [-0.39, 0.29) is 18.3 Å². The average Bonchev–Trinajstić information content (AvgIpc) is 2.58. The summed E-state index contributed by atoms with van der Waals surface area (Å²) in [6.45, 7) is 8.82. The van der Waals surface area contributed by atoms with Crippen molar-refractivity contribution in [3.05, 3.63) is 11.5 Å². The number of hydrogen-bond acceptors (Lipinski definition) is 2. The number of rotatable bonds is 4. The van der Waals surface area contributed by atoms with E-state index >= 15 is 0 Å². The van der Waals surface area contributed by atoms with Crippen LogP contribution in [0.4, 0.5) is 0 Å². The van der Waals surface area contributed by atoms with Gasteiger partial charge in [0.2, 0.25) is 0 Å². The largest absolute Gasteiger partial charge is 0.490 e. The number of unbranched alkanes of at least 4 members (excludes halogenated alkanes) is 1. The van der Waals surface area contributed by atoms with Crippen LogP contribution in [0.15, 0.2) is 11.5 Å². The minimum atomic E-state index is -0.194. The van der Waals surface area contributed by atoms with Crippen LogP contribution < -0.4 is 0 Å². The quantitative estimate of drug-likeness (QED) is 0.686. The van der Waals surface area contributed by atoms with Gasteiger partial charge in [-0.2, -0.15) is 0 Å². The minimum absolute atomic E-state index is 0.102. The Morgan fingerprint density at radius 2 is 1.95 bits per heavy atom. The second-order valence-corrected chi connectivity index (χ2v) is 6.79. The molecule has 1 atom stereocenters. The average molecular weight is 264 g/mol. The predicted octanol–water partition coefficient (Wildman–Crippen LogP) is 4.68. The summed E-state index contributed by atoms with van der Waals surface area (Å²) in [6.07, 6.45) is 12.1. The monoisotopic (exact) mass is 264 g/mol. The molecular formula is C16H29BO2. The third-order valence-corrected chi connectivity index (χ3v) is 4.93. The van der Waals surface area contributed by atoms with E-state index in [1.807, 2.05) is 0 Å². The van der Waals surface area contributed by atoms with Gasteiger partial charge < -0.3 is 9.31 Å². The molecule has 1 aliphatic heterocycles. The van der Waals surface area contributed by atoms with Gasteiger partial charge >= 0.3 is 7.12 Å². The van der Waals surface area contributed by atoms with Crippen LogP contribution in [0.5, 0.6) is 0 Å². The van der Waals surface area contributed by atoms with E-state index in [1.165, 1.54) is 44.0 Å². The molecule has 2 aliphatic rings. The lowest BCUT2D eigenvalue weighted by atomic mass is 9.75. The first-order valence-electron chi connectivity index (χ1n) is 8.03. The van der Waals surface area contributed by atoms with Crippen molar-refractivity contribution in [2.24, 2.45) is 0 Å². The Morgan fingerprint density at radius 3 is 2.68 bits per heavy atom. The van der Waals surface area contributed by atoms with E-state index in [0.717, 1.165) is 12.8 Å². The highest BCUT2D eigenvalue weighted by atomic mass is 16.7. The maximum atomic E-state index is 6.37. The van der Waals surface area contributed by atoms with E-state index in [4.69, 9.17) is 9.31 Å². The van der Waals surface area contributed by atoms with Gasteiger partial charge in [-0.15, -0.1) is 0 Å². The third kappa shape index (κ3) is 3.25. The summed E-state index contributed by atoms with van der Waals surface area (Å²) in [7, 11) is -0.102. The summed E-state index contributed by atoms with van der Waals surface area (Å²) in [5.41, 5.74) is 1.03. The van der Waals surface area contributed by atoms with Crippen molar-refractivity contribution in [1.29, 1.82) is 0 Å². The molecule has 0 spiro atoms. The smallest absolute Gasteiger partial charge is 0.400 e. The van der Waals surface area contributed by atoms with Gasteiger partial charge in [-0.1, -0.05) is 38.7 Å². The zero-order valence-electron chi connectivity index (χ0n) is 13.1. The fourth-order valence-electron chi connectivity index (χ4n) is 3.07. The van der Waals surface area contributed by atoms with Gasteiger partial charge in [0, 0.05) is 0 Å². The van der Waals surface area contributed by atoms with Gasteiger partial charge in [0.1, 0.15) is 0 Å². The molecule has 0 bridgehead atoms. The summed E-state index contributed by atoms with van der Waals surface area (Å²) in [4.78, 5) is 0. The number of allylic oxidation sites excluding steroid dienone is 2. The lowest BCUT2D eigenvalue weighted by Gasteiger charge is -2.36. The SMILES string of the molecule is CCCCC1(C)OB(C2=CCCCCC2)OC1(C)C. The fourth-order valence-corrected chi connectivity index (χ4v) is 3.07. The lowest BCUT2D eigenvalue weighted by Crippen LogP contribution is -2.44. The molecule has 2 rings (SSSR count). The van der Waals surface area contributed by atoms with Crippen molar-refractivity contribution in [3.63, 3.8) is 0 Å². The fraction of sp³-hybridized carbons (Fsp3) is 0.875. The molecule has 0 radical (unpaired) electrons. The number of hydrogen-bond donors (Lipinski definition) is 0. The normalized spacial score (nSPS) is 31.2. The highest BCUT2D eigenvalue weighted by Crippen LogP contribution is 2.43. The molecule has 19 heavy (non-hydrogen) atoms. The standard InChI is InChI=1S/C16H29BO2/c1-5-6-13-16(4)15(2,3)18-17(19-16)14-11-9-7-8-10-12-14/h11H,5-10,12-13H2,1-4H3. The molecule has 0 N–H and O–H groups in total. The van der Waals surface area contributed by atoms with Gasteiger partial charge in [-0.05, 0) is 51.9 Å². The molecule has 0 aromatic heterocycles. The molecule has 1 fully saturated rings. The molecule has 0 aromatic carbocycles. The van der Waals surface area contributed by atoms with Gasteiger partial charge in [0.05, 0.1) is 11.2 Å². The van der Waals surface area contributed by atoms with Crippen LogP contribution in [0.25, 0.3) is 0 Å². The van der Waals surface area contributed by atoms with Crippen LogP contribution >= 0.6 is 0 Å². The molecule has 108 valence electrons. The molecule has 1 aliphatic carbocycles. The highest BCUT2D eigenvalue weighted by molar-refractivity contribution is 6.54. The van der Waals surface area contributed by atoms with Gasteiger partial charge in [-0.3, -0.25) is 0 Å². The maximum Gasteiger partial charge on any atom is 0.490 e. The van der Waals surface area contributed by atoms with Gasteiger partial charge in [-0.25, -0.2) is 0 Å². The Bertz CT molecular complexity index is 338. The van der Waals surface area contributed by atoms with Gasteiger partial charge in [0.25, 0.3) is 0 Å². The van der Waals surface area contributed by atoms with Crippen molar-refractivity contribution in [3.8, 4) is 0 Å². The first-order chi connectivity index (χ1) is 8.98. The van der Waals surface area contributed by atoms with E-state index in [9.17, 15) is 0 Å². The van der Waals surface area contributed by atoms with Crippen molar-refractivity contribution in [1.82, 2.24) is 0 Å². The molecule has 3 heteroatoms. The van der Waals surface area contributed by atoms with E-state index in [0.29, 0.717) is 0 Å². The first-order valence-corrected chi connectivity index (χ1v) is 8.03. The molecule has 1 heterocycles. The van der Waals surface area contributed by atoms with Crippen LogP contribution in [-0.4, -0.2) is 18.3 Å². The summed E-state index contributed by atoms with van der Waals surface area (Å²) in [5, 5.41) is 0. The Hall–Kier alpha value is -0.275. The summed E-state index contributed by atoms with van der Waals surface area (Å²) < 4.78 is 12.6. The Kier molecular flexibility index (Phi) is 4.78. The van der Waals surface area contributed by atoms with Crippen molar-refractivity contribution in [2.45, 2.75) is 90.3 Å². The highest BCUT2D eigenvalue weighted by Gasteiger charge is 2.54. The topological polar surface area (TPSA) is 18.5 Å². The zero-order chi connectivity index (χ0) is 13.9. The third-order valence-electron chi connectivity index (χ3n) is 4.93. The van der Waals surface area contributed by atoms with E-state index < -0.39 is 0 Å². The van der Waals surface area contributed by atoms with E-state index in [2.05, 4.69) is 33.8 Å². The second-order valence-electron chi connectivity index (χ2n) is 6.79. The van der Waals surface area contributed by atoms with Crippen LogP contribution in [0.1, 0.15) is 79.1 Å². The summed E-state index contributed by atoms with van der Waals surface area (Å²) in [6, 6.07) is 0. The van der Waals surface area contributed by atoms with Crippen molar-refractivity contribution >= 4 is 7.12 Å². The van der Waals surface area contributed by atoms with Crippen LogP contribution in [0.2, 0.25) is 0 Å². The summed E-state index contributed by atoms with van der Waals surface area (Å²) in [5.74, 6) is 0.